The molecule has 21 heavy (non-hydrogen) atoms. The van der Waals surface area contributed by atoms with Gasteiger partial charge in [-0.3, -0.25) is 5.10 Å². The van der Waals surface area contributed by atoms with E-state index in [1.54, 1.807) is 0 Å². The van der Waals surface area contributed by atoms with Crippen LogP contribution in [0.5, 0.6) is 0 Å². The van der Waals surface area contributed by atoms with E-state index in [9.17, 15) is 0 Å². The van der Waals surface area contributed by atoms with Gasteiger partial charge in [0, 0.05) is 12.1 Å². The Bertz CT molecular complexity index is 629. The summed E-state index contributed by atoms with van der Waals surface area (Å²) in [5, 5.41) is 7.36. The first kappa shape index (κ1) is 14.5. The van der Waals surface area contributed by atoms with Gasteiger partial charge in [0.2, 0.25) is 0 Å². The molecular weight excluding hydrogens is 278 g/mol. The molecule has 1 aromatic heterocycles. The first-order valence-corrected chi connectivity index (χ1v) is 8.35. The lowest BCUT2D eigenvalue weighted by Crippen LogP contribution is -2.15. The smallest absolute Gasteiger partial charge is 0.195 e. The molecule has 1 aliphatic carbocycles. The van der Waals surface area contributed by atoms with E-state index in [2.05, 4.69) is 33.8 Å². The van der Waals surface area contributed by atoms with Gasteiger partial charge in [0.1, 0.15) is 0 Å². The summed E-state index contributed by atoms with van der Waals surface area (Å²) in [5.74, 6) is 2.69. The number of aromatic amines is 1. The van der Waals surface area contributed by atoms with Crippen molar-refractivity contribution in [1.29, 1.82) is 0 Å². The SMILES string of the molecule is CC1CCCC(CCn2c(-c3ccccc3)n[nH]c2=S)C1. The molecule has 2 unspecified atom stereocenters. The van der Waals surface area contributed by atoms with Crippen LogP contribution in [0.2, 0.25) is 0 Å². The molecule has 0 bridgehead atoms. The fraction of sp³-hybridized carbons (Fsp3) is 0.529. The summed E-state index contributed by atoms with van der Waals surface area (Å²) in [6.45, 7) is 3.35. The standard InChI is InChI=1S/C17H23N3S/c1-13-6-5-7-14(12-13)10-11-20-16(18-19-17(20)21)15-8-3-2-4-9-15/h2-4,8-9,13-14H,5-7,10-12H2,1H3,(H,19,21). The van der Waals surface area contributed by atoms with Crippen LogP contribution in [0.25, 0.3) is 11.4 Å². The van der Waals surface area contributed by atoms with Crippen LogP contribution in [0.3, 0.4) is 0 Å². The average molecular weight is 301 g/mol. The highest BCUT2D eigenvalue weighted by atomic mass is 32.1. The number of H-pyrrole nitrogens is 1. The first-order chi connectivity index (χ1) is 10.2. The molecular formula is C17H23N3S. The van der Waals surface area contributed by atoms with Gasteiger partial charge in [-0.25, -0.2) is 0 Å². The molecule has 2 atom stereocenters. The summed E-state index contributed by atoms with van der Waals surface area (Å²) >= 11 is 5.41. The maximum atomic E-state index is 5.41. The normalized spacial score (nSPS) is 22.3. The lowest BCUT2D eigenvalue weighted by Gasteiger charge is -2.26. The van der Waals surface area contributed by atoms with Gasteiger partial charge in [-0.1, -0.05) is 56.5 Å². The van der Waals surface area contributed by atoms with Crippen molar-refractivity contribution in [2.24, 2.45) is 11.8 Å². The van der Waals surface area contributed by atoms with Crippen molar-refractivity contribution in [3.63, 3.8) is 0 Å². The maximum Gasteiger partial charge on any atom is 0.195 e. The van der Waals surface area contributed by atoms with Crippen LogP contribution in [0, 0.1) is 16.6 Å². The Morgan fingerprint density at radius 1 is 1.29 bits per heavy atom. The molecule has 0 amide bonds. The Labute approximate surface area is 131 Å². The minimum Gasteiger partial charge on any atom is -0.300 e. The lowest BCUT2D eigenvalue weighted by atomic mass is 9.81. The van der Waals surface area contributed by atoms with Gasteiger partial charge >= 0.3 is 0 Å². The number of nitrogens with one attached hydrogen (secondary N) is 1. The van der Waals surface area contributed by atoms with Gasteiger partial charge in [0.25, 0.3) is 0 Å². The number of hydrogen-bond donors (Lipinski definition) is 1. The third-order valence-corrected chi connectivity index (χ3v) is 4.91. The van der Waals surface area contributed by atoms with E-state index in [0.29, 0.717) is 0 Å². The van der Waals surface area contributed by atoms with E-state index in [1.165, 1.54) is 32.1 Å². The van der Waals surface area contributed by atoms with Crippen LogP contribution in [-0.4, -0.2) is 14.8 Å². The Balaban J connectivity index is 1.74. The van der Waals surface area contributed by atoms with Crippen molar-refractivity contribution in [3.8, 4) is 11.4 Å². The molecule has 4 heteroatoms. The fourth-order valence-corrected chi connectivity index (χ4v) is 3.69. The quantitative estimate of drug-likeness (QED) is 0.821. The zero-order valence-corrected chi connectivity index (χ0v) is 13.4. The Hall–Kier alpha value is -1.42. The highest BCUT2D eigenvalue weighted by Crippen LogP contribution is 2.31. The van der Waals surface area contributed by atoms with Crippen LogP contribution < -0.4 is 0 Å². The maximum absolute atomic E-state index is 5.41. The number of aromatic nitrogens is 3. The van der Waals surface area contributed by atoms with E-state index < -0.39 is 0 Å². The number of benzene rings is 1. The van der Waals surface area contributed by atoms with Crippen molar-refractivity contribution in [1.82, 2.24) is 14.8 Å². The molecule has 1 aromatic carbocycles. The molecule has 1 heterocycles. The van der Waals surface area contributed by atoms with Crippen molar-refractivity contribution in [2.45, 2.75) is 45.6 Å². The van der Waals surface area contributed by atoms with Gasteiger partial charge in [0.15, 0.2) is 10.6 Å². The predicted octanol–water partition coefficient (Wildman–Crippen LogP) is 4.82. The number of hydrogen-bond acceptors (Lipinski definition) is 2. The summed E-state index contributed by atoms with van der Waals surface area (Å²) in [7, 11) is 0. The van der Waals surface area contributed by atoms with Crippen LogP contribution in [0.4, 0.5) is 0 Å². The van der Waals surface area contributed by atoms with Gasteiger partial charge < -0.3 is 4.57 Å². The van der Waals surface area contributed by atoms with Crippen LogP contribution >= 0.6 is 12.2 Å². The Kier molecular flexibility index (Phi) is 4.54. The third-order valence-electron chi connectivity index (χ3n) is 4.60. The van der Waals surface area contributed by atoms with Gasteiger partial charge in [-0.15, -0.1) is 0 Å². The molecule has 0 saturated heterocycles. The topological polar surface area (TPSA) is 33.6 Å². The molecule has 0 spiro atoms. The highest BCUT2D eigenvalue weighted by Gasteiger charge is 2.19. The number of rotatable bonds is 4. The van der Waals surface area contributed by atoms with Crippen molar-refractivity contribution >= 4 is 12.2 Å². The van der Waals surface area contributed by atoms with Crippen molar-refractivity contribution < 1.29 is 0 Å². The minimum atomic E-state index is 0.734. The van der Waals surface area contributed by atoms with E-state index in [4.69, 9.17) is 12.2 Å². The Morgan fingerprint density at radius 2 is 2.10 bits per heavy atom. The monoisotopic (exact) mass is 301 g/mol. The molecule has 1 aliphatic rings. The molecule has 2 aromatic rings. The molecule has 1 saturated carbocycles. The first-order valence-electron chi connectivity index (χ1n) is 7.94. The largest absolute Gasteiger partial charge is 0.300 e. The number of nitrogens with zero attached hydrogens (tertiary/aromatic N) is 2. The zero-order valence-electron chi connectivity index (χ0n) is 12.6. The predicted molar refractivity (Wildman–Crippen MR) is 88.6 cm³/mol. The lowest BCUT2D eigenvalue weighted by molar-refractivity contribution is 0.261. The summed E-state index contributed by atoms with van der Waals surface area (Å²) in [4.78, 5) is 0. The summed E-state index contributed by atoms with van der Waals surface area (Å²) < 4.78 is 2.89. The fourth-order valence-electron chi connectivity index (χ4n) is 3.47. The van der Waals surface area contributed by atoms with E-state index >= 15 is 0 Å². The second-order valence-electron chi connectivity index (χ2n) is 6.30. The van der Waals surface area contributed by atoms with Crippen molar-refractivity contribution in [3.05, 3.63) is 35.1 Å². The highest BCUT2D eigenvalue weighted by molar-refractivity contribution is 7.71. The minimum absolute atomic E-state index is 0.734. The van der Waals surface area contributed by atoms with Crippen LogP contribution in [0.15, 0.2) is 30.3 Å². The van der Waals surface area contributed by atoms with Gasteiger partial charge in [0.05, 0.1) is 0 Å². The van der Waals surface area contributed by atoms with E-state index in [0.717, 1.165) is 34.5 Å². The zero-order chi connectivity index (χ0) is 14.7. The molecule has 3 rings (SSSR count). The van der Waals surface area contributed by atoms with E-state index in [-0.39, 0.29) is 0 Å². The third kappa shape index (κ3) is 3.43. The molecule has 3 nitrogen and oxygen atoms in total. The van der Waals surface area contributed by atoms with Gasteiger partial charge in [-0.05, 0) is 36.9 Å². The second kappa shape index (κ2) is 6.56. The molecule has 112 valence electrons. The van der Waals surface area contributed by atoms with Crippen LogP contribution in [0.1, 0.15) is 39.0 Å². The van der Waals surface area contributed by atoms with E-state index in [1.807, 2.05) is 18.2 Å². The van der Waals surface area contributed by atoms with Crippen LogP contribution in [-0.2, 0) is 6.54 Å². The molecule has 1 fully saturated rings. The molecule has 0 aliphatic heterocycles. The Morgan fingerprint density at radius 3 is 2.86 bits per heavy atom. The summed E-state index contributed by atoms with van der Waals surface area (Å²) in [5.41, 5.74) is 1.13. The second-order valence-corrected chi connectivity index (χ2v) is 6.68. The van der Waals surface area contributed by atoms with Crippen molar-refractivity contribution in [2.75, 3.05) is 0 Å². The molecule has 0 radical (unpaired) electrons. The summed E-state index contributed by atoms with van der Waals surface area (Å²) in [6.07, 6.45) is 6.73. The summed E-state index contributed by atoms with van der Waals surface area (Å²) in [6, 6.07) is 10.3. The molecule has 1 N–H and O–H groups in total. The van der Waals surface area contributed by atoms with Gasteiger partial charge in [-0.2, -0.15) is 5.10 Å². The average Bonchev–Trinajstić information content (AvgIpc) is 2.87.